The van der Waals surface area contributed by atoms with Gasteiger partial charge >= 0.3 is 0 Å². The minimum Gasteiger partial charge on any atom is -0.489 e. The summed E-state index contributed by atoms with van der Waals surface area (Å²) in [5.74, 6) is 0.797. The molecule has 0 aliphatic rings. The molecule has 0 unspecified atom stereocenters. The molecule has 0 spiro atoms. The second-order valence-corrected chi connectivity index (χ2v) is 3.26. The van der Waals surface area contributed by atoms with Gasteiger partial charge in [-0.3, -0.25) is 0 Å². The maximum Gasteiger partial charge on any atom is 0.121 e. The minimum atomic E-state index is 0.544. The van der Waals surface area contributed by atoms with Crippen molar-refractivity contribution in [2.45, 2.75) is 13.8 Å². The molecule has 0 amide bonds. The Labute approximate surface area is 79.0 Å². The summed E-state index contributed by atoms with van der Waals surface area (Å²) in [6, 6.07) is 5.69. The van der Waals surface area contributed by atoms with Crippen molar-refractivity contribution in [3.63, 3.8) is 0 Å². The van der Waals surface area contributed by atoms with Gasteiger partial charge in [-0.1, -0.05) is 12.6 Å². The molecule has 1 aromatic carbocycles. The van der Waals surface area contributed by atoms with E-state index < -0.39 is 0 Å². The molecule has 0 radical (unpaired) electrons. The Hall–Kier alpha value is -1.44. The highest BCUT2D eigenvalue weighted by molar-refractivity contribution is 5.50. The Balaban J connectivity index is 2.68. The van der Waals surface area contributed by atoms with Crippen LogP contribution in [0.5, 0.6) is 5.75 Å². The van der Waals surface area contributed by atoms with E-state index in [0.717, 1.165) is 22.6 Å². The van der Waals surface area contributed by atoms with E-state index in [-0.39, 0.29) is 0 Å². The summed E-state index contributed by atoms with van der Waals surface area (Å²) in [5, 5.41) is 0. The maximum absolute atomic E-state index is 5.72. The summed E-state index contributed by atoms with van der Waals surface area (Å²) >= 11 is 0. The maximum atomic E-state index is 5.72. The quantitative estimate of drug-likeness (QED) is 0.568. The van der Waals surface area contributed by atoms with Crippen LogP contribution in [0.4, 0.5) is 5.69 Å². The molecule has 0 aromatic heterocycles. The Morgan fingerprint density at radius 3 is 2.77 bits per heavy atom. The molecule has 1 aromatic rings. The van der Waals surface area contributed by atoms with Gasteiger partial charge in [-0.15, -0.1) is 0 Å². The highest BCUT2D eigenvalue weighted by Crippen LogP contribution is 2.19. The smallest absolute Gasteiger partial charge is 0.121 e. The molecule has 2 N–H and O–H groups in total. The van der Waals surface area contributed by atoms with Gasteiger partial charge in [0.05, 0.1) is 0 Å². The molecule has 0 bridgehead atoms. The average molecular weight is 177 g/mol. The van der Waals surface area contributed by atoms with Crippen molar-refractivity contribution in [2.75, 3.05) is 12.3 Å². The van der Waals surface area contributed by atoms with Gasteiger partial charge in [-0.2, -0.15) is 0 Å². The number of anilines is 1. The van der Waals surface area contributed by atoms with Crippen molar-refractivity contribution < 1.29 is 4.74 Å². The summed E-state index contributed by atoms with van der Waals surface area (Å²) in [4.78, 5) is 0. The Morgan fingerprint density at radius 2 is 2.23 bits per heavy atom. The van der Waals surface area contributed by atoms with Crippen LogP contribution in [0, 0.1) is 6.92 Å². The lowest BCUT2D eigenvalue weighted by atomic mass is 10.2. The number of hydrogen-bond donors (Lipinski definition) is 1. The molecule has 0 heterocycles. The highest BCUT2D eigenvalue weighted by Gasteiger charge is 1.97. The van der Waals surface area contributed by atoms with Crippen LogP contribution in [-0.2, 0) is 0 Å². The molecular weight excluding hydrogens is 162 g/mol. The van der Waals surface area contributed by atoms with Crippen molar-refractivity contribution in [3.05, 3.63) is 35.9 Å². The molecule has 0 saturated heterocycles. The van der Waals surface area contributed by atoms with E-state index in [4.69, 9.17) is 10.5 Å². The number of ether oxygens (including phenoxy) is 1. The minimum absolute atomic E-state index is 0.544. The zero-order valence-corrected chi connectivity index (χ0v) is 8.13. The van der Waals surface area contributed by atoms with Gasteiger partial charge < -0.3 is 10.5 Å². The third-order valence-corrected chi connectivity index (χ3v) is 1.74. The molecule has 0 aliphatic heterocycles. The first kappa shape index (κ1) is 9.65. The second kappa shape index (κ2) is 3.99. The standard InChI is InChI=1S/C11H15NO/c1-8(2)7-13-10-5-4-9(3)11(12)6-10/h4-6H,1,7,12H2,2-3H3. The Kier molecular flexibility index (Phi) is 2.96. The van der Waals surface area contributed by atoms with Crippen LogP contribution in [-0.4, -0.2) is 6.61 Å². The zero-order chi connectivity index (χ0) is 9.84. The number of hydrogen-bond acceptors (Lipinski definition) is 2. The van der Waals surface area contributed by atoms with Crippen LogP contribution in [0.1, 0.15) is 12.5 Å². The monoisotopic (exact) mass is 177 g/mol. The van der Waals surface area contributed by atoms with Gasteiger partial charge in [0.25, 0.3) is 0 Å². The van der Waals surface area contributed by atoms with Crippen molar-refractivity contribution >= 4 is 5.69 Å². The molecule has 0 saturated carbocycles. The number of rotatable bonds is 3. The fraction of sp³-hybridized carbons (Fsp3) is 0.273. The second-order valence-electron chi connectivity index (χ2n) is 3.26. The van der Waals surface area contributed by atoms with Crippen LogP contribution in [0.2, 0.25) is 0 Å². The number of aryl methyl sites for hydroxylation is 1. The van der Waals surface area contributed by atoms with E-state index >= 15 is 0 Å². The molecular formula is C11H15NO. The van der Waals surface area contributed by atoms with Gasteiger partial charge in [0.1, 0.15) is 12.4 Å². The predicted octanol–water partition coefficient (Wildman–Crippen LogP) is 2.53. The van der Waals surface area contributed by atoms with Crippen LogP contribution in [0.15, 0.2) is 30.4 Å². The van der Waals surface area contributed by atoms with Crippen LogP contribution >= 0.6 is 0 Å². The fourth-order valence-electron chi connectivity index (χ4n) is 0.915. The van der Waals surface area contributed by atoms with Gasteiger partial charge in [0.2, 0.25) is 0 Å². The van der Waals surface area contributed by atoms with Crippen molar-refractivity contribution in [1.82, 2.24) is 0 Å². The van der Waals surface area contributed by atoms with E-state index in [2.05, 4.69) is 6.58 Å². The highest BCUT2D eigenvalue weighted by atomic mass is 16.5. The van der Waals surface area contributed by atoms with E-state index in [0.29, 0.717) is 6.61 Å². The van der Waals surface area contributed by atoms with E-state index in [1.807, 2.05) is 32.0 Å². The molecule has 1 rings (SSSR count). The van der Waals surface area contributed by atoms with Gasteiger partial charge in [-0.05, 0) is 31.1 Å². The molecule has 0 atom stereocenters. The SMILES string of the molecule is C=C(C)COc1ccc(C)c(N)c1. The molecule has 0 aliphatic carbocycles. The predicted molar refractivity (Wildman–Crippen MR) is 55.9 cm³/mol. The van der Waals surface area contributed by atoms with Gasteiger partial charge in [-0.25, -0.2) is 0 Å². The van der Waals surface area contributed by atoms with Crippen molar-refractivity contribution in [2.24, 2.45) is 0 Å². The Bertz CT molecular complexity index is 318. The fourth-order valence-corrected chi connectivity index (χ4v) is 0.915. The number of nitrogen functional groups attached to an aromatic ring is 1. The lowest BCUT2D eigenvalue weighted by Gasteiger charge is -2.07. The van der Waals surface area contributed by atoms with E-state index in [1.54, 1.807) is 0 Å². The average Bonchev–Trinajstić information content (AvgIpc) is 2.07. The largest absolute Gasteiger partial charge is 0.489 e. The first-order valence-electron chi connectivity index (χ1n) is 4.23. The summed E-state index contributed by atoms with van der Waals surface area (Å²) in [5.41, 5.74) is 8.56. The first-order valence-corrected chi connectivity index (χ1v) is 4.23. The van der Waals surface area contributed by atoms with E-state index in [1.165, 1.54) is 0 Å². The van der Waals surface area contributed by atoms with Crippen LogP contribution < -0.4 is 10.5 Å². The molecule has 2 heteroatoms. The topological polar surface area (TPSA) is 35.2 Å². The lowest BCUT2D eigenvalue weighted by molar-refractivity contribution is 0.353. The summed E-state index contributed by atoms with van der Waals surface area (Å²) in [6.07, 6.45) is 0. The number of nitrogens with two attached hydrogens (primary N) is 1. The summed E-state index contributed by atoms with van der Waals surface area (Å²) in [6.45, 7) is 8.20. The van der Waals surface area contributed by atoms with Crippen molar-refractivity contribution in [1.29, 1.82) is 0 Å². The zero-order valence-electron chi connectivity index (χ0n) is 8.13. The normalized spacial score (nSPS) is 9.69. The lowest BCUT2D eigenvalue weighted by Crippen LogP contribution is -1.98. The van der Waals surface area contributed by atoms with Gasteiger partial charge in [0, 0.05) is 11.8 Å². The number of benzene rings is 1. The first-order chi connectivity index (χ1) is 6.09. The summed E-state index contributed by atoms with van der Waals surface area (Å²) in [7, 11) is 0. The molecule has 70 valence electrons. The van der Waals surface area contributed by atoms with Crippen LogP contribution in [0.3, 0.4) is 0 Å². The van der Waals surface area contributed by atoms with Gasteiger partial charge in [0.15, 0.2) is 0 Å². The summed E-state index contributed by atoms with van der Waals surface area (Å²) < 4.78 is 5.42. The van der Waals surface area contributed by atoms with Crippen LogP contribution in [0.25, 0.3) is 0 Å². The molecule has 13 heavy (non-hydrogen) atoms. The Morgan fingerprint density at radius 1 is 1.54 bits per heavy atom. The van der Waals surface area contributed by atoms with E-state index in [9.17, 15) is 0 Å². The van der Waals surface area contributed by atoms with Crippen molar-refractivity contribution in [3.8, 4) is 5.75 Å². The molecule has 0 fully saturated rings. The molecule has 2 nitrogen and oxygen atoms in total. The third-order valence-electron chi connectivity index (χ3n) is 1.74. The third kappa shape index (κ3) is 2.82.